The lowest BCUT2D eigenvalue weighted by molar-refractivity contribution is -0.134. The molecule has 1 saturated heterocycles. The first kappa shape index (κ1) is 14.1. The molecule has 4 heteroatoms. The van der Waals surface area contributed by atoms with Crippen molar-refractivity contribution in [2.75, 3.05) is 38.1 Å². The summed E-state index contributed by atoms with van der Waals surface area (Å²) < 4.78 is 0. The SMILES string of the molecule is O=C(C1CC1c1ccccc1)N1CCN(CCBr)CC1. The van der Waals surface area contributed by atoms with E-state index in [1.807, 2.05) is 6.07 Å². The molecular formula is C16H21BrN2O. The maximum Gasteiger partial charge on any atom is 0.226 e. The third-order valence-corrected chi connectivity index (χ3v) is 4.77. The number of hydrogen-bond donors (Lipinski definition) is 0. The van der Waals surface area contributed by atoms with Crippen molar-refractivity contribution >= 4 is 21.8 Å². The van der Waals surface area contributed by atoms with Gasteiger partial charge in [-0.1, -0.05) is 46.3 Å². The molecule has 3 nitrogen and oxygen atoms in total. The summed E-state index contributed by atoms with van der Waals surface area (Å²) in [6, 6.07) is 10.5. The number of carbonyl (C=O) groups is 1. The van der Waals surface area contributed by atoms with Crippen LogP contribution in [-0.4, -0.2) is 53.8 Å². The minimum atomic E-state index is 0.236. The van der Waals surface area contributed by atoms with Gasteiger partial charge in [0.05, 0.1) is 0 Å². The Bertz CT molecular complexity index is 457. The number of benzene rings is 1. The van der Waals surface area contributed by atoms with E-state index in [1.165, 1.54) is 5.56 Å². The van der Waals surface area contributed by atoms with Crippen LogP contribution in [0.3, 0.4) is 0 Å². The van der Waals surface area contributed by atoms with Gasteiger partial charge in [0, 0.05) is 44.0 Å². The topological polar surface area (TPSA) is 23.6 Å². The Kier molecular flexibility index (Phi) is 4.41. The molecule has 1 aromatic rings. The Morgan fingerprint density at radius 2 is 1.85 bits per heavy atom. The average molecular weight is 337 g/mol. The van der Waals surface area contributed by atoms with Gasteiger partial charge in [-0.2, -0.15) is 0 Å². The molecular weight excluding hydrogens is 316 g/mol. The lowest BCUT2D eigenvalue weighted by Crippen LogP contribution is -2.49. The van der Waals surface area contributed by atoms with E-state index >= 15 is 0 Å². The van der Waals surface area contributed by atoms with Crippen LogP contribution in [0.4, 0.5) is 0 Å². The highest BCUT2D eigenvalue weighted by molar-refractivity contribution is 9.09. The number of nitrogens with zero attached hydrogens (tertiary/aromatic N) is 2. The largest absolute Gasteiger partial charge is 0.340 e. The minimum Gasteiger partial charge on any atom is -0.340 e. The summed E-state index contributed by atoms with van der Waals surface area (Å²) in [5, 5.41) is 1.01. The highest BCUT2D eigenvalue weighted by Gasteiger charge is 2.45. The number of hydrogen-bond acceptors (Lipinski definition) is 2. The molecule has 2 aliphatic rings. The van der Waals surface area contributed by atoms with Gasteiger partial charge in [0.25, 0.3) is 0 Å². The van der Waals surface area contributed by atoms with Crippen LogP contribution in [0.5, 0.6) is 0 Å². The Labute approximate surface area is 129 Å². The summed E-state index contributed by atoms with van der Waals surface area (Å²) in [7, 11) is 0. The summed E-state index contributed by atoms with van der Waals surface area (Å²) in [6.45, 7) is 4.89. The minimum absolute atomic E-state index is 0.236. The van der Waals surface area contributed by atoms with E-state index in [4.69, 9.17) is 0 Å². The molecule has 20 heavy (non-hydrogen) atoms. The second-order valence-electron chi connectivity index (χ2n) is 5.72. The second kappa shape index (κ2) is 6.27. The first-order valence-corrected chi connectivity index (χ1v) is 8.54. The second-order valence-corrected chi connectivity index (χ2v) is 6.51. The number of amides is 1. The van der Waals surface area contributed by atoms with Crippen LogP contribution in [0.2, 0.25) is 0 Å². The number of alkyl halides is 1. The third-order valence-electron chi connectivity index (χ3n) is 4.42. The normalized spacial score (nSPS) is 26.6. The van der Waals surface area contributed by atoms with E-state index in [1.54, 1.807) is 0 Å². The predicted molar refractivity (Wildman–Crippen MR) is 84.1 cm³/mol. The molecule has 0 radical (unpaired) electrons. The first-order chi connectivity index (χ1) is 9.79. The van der Waals surface area contributed by atoms with Gasteiger partial charge >= 0.3 is 0 Å². The number of rotatable bonds is 4. The summed E-state index contributed by atoms with van der Waals surface area (Å²) >= 11 is 3.47. The van der Waals surface area contributed by atoms with Crippen LogP contribution in [0.25, 0.3) is 0 Å². The third kappa shape index (κ3) is 3.07. The fraction of sp³-hybridized carbons (Fsp3) is 0.562. The first-order valence-electron chi connectivity index (χ1n) is 7.41. The van der Waals surface area contributed by atoms with Gasteiger partial charge in [0.15, 0.2) is 0 Å². The van der Waals surface area contributed by atoms with Crippen LogP contribution in [0.15, 0.2) is 30.3 Å². The van der Waals surface area contributed by atoms with Gasteiger partial charge in [-0.05, 0) is 17.9 Å². The molecule has 1 aromatic carbocycles. The predicted octanol–water partition coefficient (Wildman–Crippen LogP) is 2.33. The van der Waals surface area contributed by atoms with Gasteiger partial charge in [0.2, 0.25) is 5.91 Å². The molecule has 3 rings (SSSR count). The van der Waals surface area contributed by atoms with Crippen molar-refractivity contribution in [1.29, 1.82) is 0 Å². The van der Waals surface area contributed by atoms with E-state index in [0.717, 1.165) is 44.5 Å². The standard InChI is InChI=1S/C16H21BrN2O/c17-6-7-18-8-10-19(11-9-18)16(20)15-12-14(15)13-4-2-1-3-5-13/h1-5,14-15H,6-12H2. The van der Waals surface area contributed by atoms with Gasteiger partial charge in [-0.3, -0.25) is 9.69 Å². The molecule has 0 aromatic heterocycles. The van der Waals surface area contributed by atoms with Crippen molar-refractivity contribution in [3.63, 3.8) is 0 Å². The quantitative estimate of drug-likeness (QED) is 0.788. The molecule has 1 saturated carbocycles. The van der Waals surface area contributed by atoms with E-state index in [0.29, 0.717) is 11.8 Å². The van der Waals surface area contributed by atoms with Crippen molar-refractivity contribution in [2.24, 2.45) is 5.92 Å². The number of carbonyl (C=O) groups excluding carboxylic acids is 1. The van der Waals surface area contributed by atoms with E-state index in [-0.39, 0.29) is 5.92 Å². The molecule has 1 heterocycles. The van der Waals surface area contributed by atoms with Crippen molar-refractivity contribution in [2.45, 2.75) is 12.3 Å². The van der Waals surface area contributed by atoms with Gasteiger partial charge < -0.3 is 4.90 Å². The van der Waals surface area contributed by atoms with Crippen molar-refractivity contribution in [1.82, 2.24) is 9.80 Å². The van der Waals surface area contributed by atoms with Crippen LogP contribution >= 0.6 is 15.9 Å². The zero-order valence-electron chi connectivity index (χ0n) is 11.7. The molecule has 1 aliphatic heterocycles. The molecule has 1 amide bonds. The maximum absolute atomic E-state index is 12.5. The summed E-state index contributed by atoms with van der Waals surface area (Å²) in [5.74, 6) is 1.07. The van der Waals surface area contributed by atoms with Gasteiger partial charge in [-0.25, -0.2) is 0 Å². The monoisotopic (exact) mass is 336 g/mol. The van der Waals surface area contributed by atoms with Crippen LogP contribution in [-0.2, 0) is 4.79 Å². The van der Waals surface area contributed by atoms with E-state index < -0.39 is 0 Å². The molecule has 108 valence electrons. The lowest BCUT2D eigenvalue weighted by Gasteiger charge is -2.34. The lowest BCUT2D eigenvalue weighted by atomic mass is 10.1. The van der Waals surface area contributed by atoms with Crippen molar-refractivity contribution in [3.05, 3.63) is 35.9 Å². The highest BCUT2D eigenvalue weighted by atomic mass is 79.9. The number of halogens is 1. The summed E-state index contributed by atoms with van der Waals surface area (Å²) in [6.07, 6.45) is 1.03. The van der Waals surface area contributed by atoms with Gasteiger partial charge in [-0.15, -0.1) is 0 Å². The fourth-order valence-corrected chi connectivity index (χ4v) is 3.58. The Hall–Kier alpha value is -0.870. The van der Waals surface area contributed by atoms with Crippen molar-refractivity contribution < 1.29 is 4.79 Å². The van der Waals surface area contributed by atoms with Crippen molar-refractivity contribution in [3.8, 4) is 0 Å². The fourth-order valence-electron chi connectivity index (χ4n) is 3.08. The van der Waals surface area contributed by atoms with Gasteiger partial charge in [0.1, 0.15) is 0 Å². The molecule has 2 unspecified atom stereocenters. The summed E-state index contributed by atoms with van der Waals surface area (Å²) in [5.41, 5.74) is 1.32. The smallest absolute Gasteiger partial charge is 0.226 e. The Balaban J connectivity index is 1.52. The van der Waals surface area contributed by atoms with E-state index in [9.17, 15) is 4.79 Å². The summed E-state index contributed by atoms with van der Waals surface area (Å²) in [4.78, 5) is 17.0. The van der Waals surface area contributed by atoms with E-state index in [2.05, 4.69) is 50.0 Å². The highest BCUT2D eigenvalue weighted by Crippen LogP contribution is 2.48. The zero-order valence-corrected chi connectivity index (χ0v) is 13.3. The van der Waals surface area contributed by atoms with Crippen LogP contribution in [0.1, 0.15) is 17.9 Å². The van der Waals surface area contributed by atoms with Crippen LogP contribution < -0.4 is 0 Å². The molecule has 2 fully saturated rings. The van der Waals surface area contributed by atoms with Crippen LogP contribution in [0, 0.1) is 5.92 Å². The maximum atomic E-state index is 12.5. The molecule has 0 N–H and O–H groups in total. The Morgan fingerprint density at radius 1 is 1.15 bits per heavy atom. The Morgan fingerprint density at radius 3 is 2.50 bits per heavy atom. The average Bonchev–Trinajstić information content (AvgIpc) is 3.29. The molecule has 2 atom stereocenters. The molecule has 0 spiro atoms. The zero-order chi connectivity index (χ0) is 13.9. The number of piperazine rings is 1. The molecule has 0 bridgehead atoms. The molecule has 1 aliphatic carbocycles.